The molecule has 0 aliphatic heterocycles. The molecule has 2 bridgehead atoms. The van der Waals surface area contributed by atoms with Gasteiger partial charge < -0.3 is 23.6 Å². The van der Waals surface area contributed by atoms with Gasteiger partial charge in [-0.2, -0.15) is 4.98 Å². The highest BCUT2D eigenvalue weighted by Crippen LogP contribution is 2.55. The smallest absolute Gasteiger partial charge is 0.339 e. The van der Waals surface area contributed by atoms with Gasteiger partial charge in [0.05, 0.1) is 34.8 Å². The Morgan fingerprint density at radius 1 is 1.07 bits per heavy atom. The number of ether oxygens (including phenoxy) is 2. The average Bonchev–Trinajstić information content (AvgIpc) is 3.56. The Morgan fingerprint density at radius 3 is 2.40 bits per heavy atom. The predicted molar refractivity (Wildman–Crippen MR) is 152 cm³/mol. The number of pyridine rings is 1. The lowest BCUT2D eigenvalue weighted by molar-refractivity contribution is -0.130. The van der Waals surface area contributed by atoms with Gasteiger partial charge in [-0.1, -0.05) is 33.5 Å². The third kappa shape index (κ3) is 4.87. The summed E-state index contributed by atoms with van der Waals surface area (Å²) in [5, 5.41) is 18.8. The standard InChI is InChI=1S/C30H27Cl2FN4O6/c1-40-25-17(27(38)39)10-16(11-21(25)33)26-35-28(43-37-26)29-4-7-30(8-5-29,9-6-29)41-14-18-23(36-42-24(18)15-2-3-15)22-19(31)12-34-13-20(22)32/h10-13,15H,2-9,14H2,1H3,(H,38,39). The predicted octanol–water partition coefficient (Wildman–Crippen LogP) is 7.38. The van der Waals surface area contributed by atoms with Crippen molar-refractivity contribution in [3.63, 3.8) is 0 Å². The summed E-state index contributed by atoms with van der Waals surface area (Å²) in [5.41, 5.74) is 1.32. The minimum Gasteiger partial charge on any atom is -0.493 e. The van der Waals surface area contributed by atoms with Crippen LogP contribution in [-0.4, -0.2) is 44.1 Å². The summed E-state index contributed by atoms with van der Waals surface area (Å²) in [7, 11) is 1.22. The number of hydrogen-bond acceptors (Lipinski definition) is 9. The first-order valence-corrected chi connectivity index (χ1v) is 14.9. The Labute approximate surface area is 255 Å². The normalized spacial score (nSPS) is 23.1. The number of nitrogens with zero attached hydrogens (tertiary/aromatic N) is 4. The zero-order chi connectivity index (χ0) is 29.9. The highest BCUT2D eigenvalue weighted by Gasteiger charge is 2.53. The zero-order valence-electron chi connectivity index (χ0n) is 23.2. The second kappa shape index (κ2) is 10.6. The number of fused-ring (bicyclic) bond motifs is 3. The highest BCUT2D eigenvalue weighted by molar-refractivity contribution is 6.38. The van der Waals surface area contributed by atoms with Crippen LogP contribution in [0.3, 0.4) is 0 Å². The number of carbonyl (C=O) groups is 1. The molecule has 4 saturated carbocycles. The van der Waals surface area contributed by atoms with E-state index < -0.39 is 11.8 Å². The van der Waals surface area contributed by atoms with E-state index in [1.807, 2.05) is 0 Å². The molecule has 1 N–H and O–H groups in total. The molecule has 8 rings (SSSR count). The topological polar surface area (TPSA) is 134 Å². The van der Waals surface area contributed by atoms with Gasteiger partial charge in [0.2, 0.25) is 11.7 Å². The summed E-state index contributed by atoms with van der Waals surface area (Å²) in [6.45, 7) is 0.326. The summed E-state index contributed by atoms with van der Waals surface area (Å²) in [6.07, 6.45) is 9.88. The maximum atomic E-state index is 14.6. The van der Waals surface area contributed by atoms with Crippen molar-refractivity contribution in [1.82, 2.24) is 20.3 Å². The van der Waals surface area contributed by atoms with Crippen molar-refractivity contribution in [2.24, 2.45) is 0 Å². The Morgan fingerprint density at radius 2 is 1.77 bits per heavy atom. The molecule has 4 aliphatic rings. The van der Waals surface area contributed by atoms with Crippen LogP contribution in [0.2, 0.25) is 10.0 Å². The summed E-state index contributed by atoms with van der Waals surface area (Å²) in [5.74, 6) is -0.713. The van der Waals surface area contributed by atoms with Crippen molar-refractivity contribution in [1.29, 1.82) is 0 Å². The van der Waals surface area contributed by atoms with Crippen molar-refractivity contribution in [2.45, 2.75) is 74.9 Å². The molecule has 4 fully saturated rings. The molecule has 4 aliphatic carbocycles. The molecular formula is C30H27Cl2FN4O6. The molecule has 0 saturated heterocycles. The molecule has 0 atom stereocenters. The van der Waals surface area contributed by atoms with Gasteiger partial charge in [0.25, 0.3) is 0 Å². The monoisotopic (exact) mass is 628 g/mol. The van der Waals surface area contributed by atoms with E-state index in [9.17, 15) is 14.3 Å². The van der Waals surface area contributed by atoms with E-state index in [2.05, 4.69) is 20.3 Å². The number of benzene rings is 1. The number of methoxy groups -OCH3 is 1. The van der Waals surface area contributed by atoms with Crippen LogP contribution < -0.4 is 4.74 Å². The molecule has 0 spiro atoms. The zero-order valence-corrected chi connectivity index (χ0v) is 24.7. The molecule has 3 aromatic heterocycles. The van der Waals surface area contributed by atoms with Crippen LogP contribution in [-0.2, 0) is 16.8 Å². The molecule has 0 unspecified atom stereocenters. The van der Waals surface area contributed by atoms with Crippen molar-refractivity contribution in [3.05, 3.63) is 63.2 Å². The largest absolute Gasteiger partial charge is 0.493 e. The number of aromatic carboxylic acids is 1. The summed E-state index contributed by atoms with van der Waals surface area (Å²) >= 11 is 12.9. The van der Waals surface area contributed by atoms with Gasteiger partial charge >= 0.3 is 5.97 Å². The van der Waals surface area contributed by atoms with Crippen LogP contribution in [0.25, 0.3) is 22.6 Å². The van der Waals surface area contributed by atoms with Gasteiger partial charge in [-0.25, -0.2) is 9.18 Å². The Balaban J connectivity index is 1.09. The van der Waals surface area contributed by atoms with Crippen LogP contribution in [0.4, 0.5) is 4.39 Å². The van der Waals surface area contributed by atoms with Crippen molar-refractivity contribution in [3.8, 4) is 28.4 Å². The first-order valence-electron chi connectivity index (χ1n) is 14.1. The molecule has 43 heavy (non-hydrogen) atoms. The van der Waals surface area contributed by atoms with Crippen LogP contribution in [0.5, 0.6) is 5.75 Å². The summed E-state index contributed by atoms with van der Waals surface area (Å²) in [6, 6.07) is 2.44. The fourth-order valence-corrected chi connectivity index (χ4v) is 7.06. The van der Waals surface area contributed by atoms with E-state index in [-0.39, 0.29) is 33.7 Å². The fraction of sp³-hybridized carbons (Fsp3) is 0.433. The first-order chi connectivity index (χ1) is 20.7. The van der Waals surface area contributed by atoms with E-state index in [0.29, 0.717) is 39.7 Å². The van der Waals surface area contributed by atoms with Gasteiger partial charge in [-0.15, -0.1) is 0 Å². The molecule has 1 aromatic carbocycles. The molecule has 0 amide bonds. The lowest BCUT2D eigenvalue weighted by Crippen LogP contribution is -2.49. The number of carboxylic acids is 1. The minimum atomic E-state index is -1.31. The molecule has 13 heteroatoms. The van der Waals surface area contributed by atoms with Crippen LogP contribution in [0.1, 0.15) is 84.9 Å². The highest BCUT2D eigenvalue weighted by atomic mass is 35.5. The van der Waals surface area contributed by atoms with E-state index in [1.54, 1.807) is 12.4 Å². The first kappa shape index (κ1) is 28.2. The average molecular weight is 629 g/mol. The summed E-state index contributed by atoms with van der Waals surface area (Å²) in [4.78, 5) is 20.3. The van der Waals surface area contributed by atoms with Crippen molar-refractivity contribution < 1.29 is 32.8 Å². The van der Waals surface area contributed by atoms with Crippen molar-refractivity contribution in [2.75, 3.05) is 7.11 Å². The molecular weight excluding hydrogens is 602 g/mol. The molecule has 224 valence electrons. The second-order valence-corrected chi connectivity index (χ2v) is 12.5. The van der Waals surface area contributed by atoms with E-state index in [4.69, 9.17) is 41.7 Å². The Hall–Kier alpha value is -3.54. The third-order valence-electron chi connectivity index (χ3n) is 9.17. The fourth-order valence-electron chi connectivity index (χ4n) is 6.52. The van der Waals surface area contributed by atoms with Crippen LogP contribution >= 0.6 is 23.2 Å². The van der Waals surface area contributed by atoms with Gasteiger partial charge in [0.1, 0.15) is 17.0 Å². The number of halogens is 3. The second-order valence-electron chi connectivity index (χ2n) is 11.6. The van der Waals surface area contributed by atoms with E-state index in [0.717, 1.165) is 68.8 Å². The number of rotatable bonds is 9. The van der Waals surface area contributed by atoms with Crippen molar-refractivity contribution >= 4 is 29.2 Å². The van der Waals surface area contributed by atoms with Gasteiger partial charge in [0, 0.05) is 35.0 Å². The van der Waals surface area contributed by atoms with E-state index >= 15 is 0 Å². The summed E-state index contributed by atoms with van der Waals surface area (Å²) < 4.78 is 37.7. The lowest BCUT2D eigenvalue weighted by Gasteiger charge is -2.51. The van der Waals surface area contributed by atoms with Gasteiger partial charge in [0.15, 0.2) is 11.6 Å². The van der Waals surface area contributed by atoms with Crippen LogP contribution in [0.15, 0.2) is 33.6 Å². The number of aromatic nitrogens is 4. The minimum absolute atomic E-state index is 0.133. The maximum Gasteiger partial charge on any atom is 0.339 e. The molecule has 4 aromatic rings. The lowest BCUT2D eigenvalue weighted by atomic mass is 9.58. The molecule has 10 nitrogen and oxygen atoms in total. The Kier molecular flexibility index (Phi) is 6.94. The van der Waals surface area contributed by atoms with Gasteiger partial charge in [-0.05, 0) is 63.5 Å². The third-order valence-corrected chi connectivity index (χ3v) is 9.75. The maximum absolute atomic E-state index is 14.6. The molecule has 0 radical (unpaired) electrons. The Bertz CT molecular complexity index is 1690. The molecule has 3 heterocycles. The number of hydrogen-bond donors (Lipinski definition) is 1. The van der Waals surface area contributed by atoms with Gasteiger partial charge in [-0.3, -0.25) is 4.98 Å². The number of carboxylic acid groups (broad SMARTS) is 1. The quantitative estimate of drug-likeness (QED) is 0.200. The van der Waals surface area contributed by atoms with Crippen LogP contribution in [0, 0.1) is 5.82 Å². The SMILES string of the molecule is COc1c(F)cc(-c2noc(C34CCC(OCc5c(-c6c(Cl)cncc6Cl)noc5C5CC5)(CC3)CC4)n2)cc1C(=O)O. The van der Waals surface area contributed by atoms with E-state index in [1.165, 1.54) is 13.2 Å².